The van der Waals surface area contributed by atoms with Gasteiger partial charge in [-0.3, -0.25) is 9.69 Å². The van der Waals surface area contributed by atoms with Gasteiger partial charge in [-0.25, -0.2) is 13.8 Å². The number of hydrogen-bond donors (Lipinski definition) is 3. The number of halogens is 2. The van der Waals surface area contributed by atoms with Crippen molar-refractivity contribution in [2.45, 2.75) is 32.2 Å². The fourth-order valence-electron chi connectivity index (χ4n) is 3.96. The fourth-order valence-corrected chi connectivity index (χ4v) is 5.06. The molecule has 0 radical (unpaired) electrons. The van der Waals surface area contributed by atoms with Gasteiger partial charge in [0.25, 0.3) is 5.91 Å². The summed E-state index contributed by atoms with van der Waals surface area (Å²) in [5, 5.41) is 13.1. The number of carbonyl (C=O) groups excluding carboxylic acids is 1. The molecule has 10 heteroatoms. The van der Waals surface area contributed by atoms with Crippen LogP contribution in [0, 0.1) is 5.82 Å². The maximum atomic E-state index is 14.8. The van der Waals surface area contributed by atoms with E-state index in [0.29, 0.717) is 65.2 Å². The first kappa shape index (κ1) is 25.2. The van der Waals surface area contributed by atoms with Crippen molar-refractivity contribution in [1.29, 1.82) is 0 Å². The van der Waals surface area contributed by atoms with Crippen molar-refractivity contribution in [3.8, 4) is 10.4 Å². The molecule has 186 valence electrons. The number of nitrogens with one attached hydrogen (secondary N) is 1. The minimum absolute atomic E-state index is 0.123. The molecule has 2 aromatic heterocycles. The molecular formula is C25H28F2N4O3S. The van der Waals surface area contributed by atoms with Crippen LogP contribution in [0.5, 0.6) is 0 Å². The molecule has 3 heterocycles. The molecule has 3 aromatic rings. The van der Waals surface area contributed by atoms with E-state index in [4.69, 9.17) is 10.5 Å². The smallest absolute Gasteiger partial charge is 0.251 e. The van der Waals surface area contributed by atoms with Gasteiger partial charge in [0.05, 0.1) is 24.9 Å². The first-order valence-corrected chi connectivity index (χ1v) is 12.2. The Kier molecular flexibility index (Phi) is 8.07. The summed E-state index contributed by atoms with van der Waals surface area (Å²) in [6.07, 6.45) is -1.29. The van der Waals surface area contributed by atoms with Gasteiger partial charge in [0.1, 0.15) is 16.6 Å². The van der Waals surface area contributed by atoms with E-state index in [1.165, 1.54) is 17.4 Å². The Hall–Kier alpha value is -2.92. The van der Waals surface area contributed by atoms with E-state index in [-0.39, 0.29) is 12.0 Å². The normalized spacial score (nSPS) is 16.1. The molecule has 0 aliphatic carbocycles. The van der Waals surface area contributed by atoms with E-state index in [1.54, 1.807) is 48.2 Å². The van der Waals surface area contributed by atoms with E-state index < -0.39 is 24.1 Å². The number of thiophene rings is 1. The molecular weight excluding hydrogens is 474 g/mol. The number of benzene rings is 1. The molecule has 4 rings (SSSR count). The second-order valence-electron chi connectivity index (χ2n) is 8.51. The van der Waals surface area contributed by atoms with Crippen molar-refractivity contribution in [2.24, 2.45) is 5.73 Å². The number of ether oxygens (including phenoxy) is 1. The van der Waals surface area contributed by atoms with Crippen LogP contribution in [0.2, 0.25) is 0 Å². The predicted molar refractivity (Wildman–Crippen MR) is 132 cm³/mol. The second kappa shape index (κ2) is 11.2. The number of rotatable bonds is 9. The summed E-state index contributed by atoms with van der Waals surface area (Å²) >= 11 is 1.17. The Bertz CT molecular complexity index is 1180. The van der Waals surface area contributed by atoms with Gasteiger partial charge in [0.15, 0.2) is 6.30 Å². The molecule has 7 nitrogen and oxygen atoms in total. The van der Waals surface area contributed by atoms with Crippen molar-refractivity contribution in [2.75, 3.05) is 31.6 Å². The number of anilines is 2. The minimum Gasteiger partial charge on any atom is -0.393 e. The monoisotopic (exact) mass is 502 g/mol. The van der Waals surface area contributed by atoms with Crippen LogP contribution in [0.15, 0.2) is 42.5 Å². The first-order chi connectivity index (χ1) is 16.8. The van der Waals surface area contributed by atoms with Gasteiger partial charge in [-0.05, 0) is 43.2 Å². The highest BCUT2D eigenvalue weighted by Crippen LogP contribution is 2.38. The standard InChI is InChI=1S/C25H28F2N4O3S/c1-15(32)11-16-5-6-18(20(26)12-16)21-14-19(24(28)33)25(35-21)30-23-4-2-3-17(29-23)13-22(27)31-7-9-34-10-8-31/h2-6,12,14-15,22,32H,7-11,13H2,1H3,(H2,28,33)(H,29,30). The number of aliphatic hydroxyl groups is 1. The number of aromatic nitrogens is 1. The number of pyridine rings is 1. The topological polar surface area (TPSA) is 101 Å². The molecule has 2 atom stereocenters. The Balaban J connectivity index is 1.54. The second-order valence-corrected chi connectivity index (χ2v) is 9.56. The lowest BCUT2D eigenvalue weighted by molar-refractivity contribution is -0.0203. The van der Waals surface area contributed by atoms with Crippen molar-refractivity contribution in [3.63, 3.8) is 0 Å². The first-order valence-electron chi connectivity index (χ1n) is 11.4. The molecule has 0 saturated carbocycles. The summed E-state index contributed by atoms with van der Waals surface area (Å²) in [5.41, 5.74) is 7.35. The van der Waals surface area contributed by atoms with Crippen LogP contribution in [-0.4, -0.2) is 59.6 Å². The molecule has 1 aliphatic rings. The van der Waals surface area contributed by atoms with Crippen molar-refractivity contribution in [1.82, 2.24) is 9.88 Å². The van der Waals surface area contributed by atoms with Gasteiger partial charge in [0, 0.05) is 35.6 Å². The largest absolute Gasteiger partial charge is 0.393 e. The highest BCUT2D eigenvalue weighted by molar-refractivity contribution is 7.19. The van der Waals surface area contributed by atoms with E-state index in [1.807, 2.05) is 0 Å². The maximum absolute atomic E-state index is 14.8. The summed E-state index contributed by atoms with van der Waals surface area (Å²) in [7, 11) is 0. The third-order valence-corrected chi connectivity index (χ3v) is 6.78. The number of aliphatic hydroxyl groups excluding tert-OH is 1. The molecule has 1 aromatic carbocycles. The van der Waals surface area contributed by atoms with Crippen LogP contribution in [0.1, 0.15) is 28.5 Å². The average molecular weight is 503 g/mol. The van der Waals surface area contributed by atoms with Crippen LogP contribution in [0.3, 0.4) is 0 Å². The zero-order valence-electron chi connectivity index (χ0n) is 19.3. The van der Waals surface area contributed by atoms with Crippen LogP contribution in [0.4, 0.5) is 19.6 Å². The third-order valence-electron chi connectivity index (χ3n) is 5.70. The van der Waals surface area contributed by atoms with Gasteiger partial charge < -0.3 is 20.9 Å². The van der Waals surface area contributed by atoms with E-state index in [0.717, 1.165) is 0 Å². The summed E-state index contributed by atoms with van der Waals surface area (Å²) in [4.78, 5) is 18.8. The molecule has 4 N–H and O–H groups in total. The van der Waals surface area contributed by atoms with Gasteiger partial charge >= 0.3 is 0 Å². The summed E-state index contributed by atoms with van der Waals surface area (Å²) < 4.78 is 34.8. The van der Waals surface area contributed by atoms with Gasteiger partial charge in [-0.1, -0.05) is 18.2 Å². The highest BCUT2D eigenvalue weighted by atomic mass is 32.1. The lowest BCUT2D eigenvalue weighted by Crippen LogP contribution is -2.42. The molecule has 0 spiro atoms. The highest BCUT2D eigenvalue weighted by Gasteiger charge is 2.22. The Morgan fingerprint density at radius 1 is 1.26 bits per heavy atom. The fraction of sp³-hybridized carbons (Fsp3) is 0.360. The van der Waals surface area contributed by atoms with Crippen LogP contribution in [0.25, 0.3) is 10.4 Å². The van der Waals surface area contributed by atoms with E-state index >= 15 is 0 Å². The molecule has 1 amide bonds. The third kappa shape index (κ3) is 6.40. The number of alkyl halides is 1. The molecule has 1 fully saturated rings. The molecule has 1 saturated heterocycles. The summed E-state index contributed by atoms with van der Waals surface area (Å²) in [6, 6.07) is 11.5. The zero-order chi connectivity index (χ0) is 24.9. The Morgan fingerprint density at radius 3 is 2.71 bits per heavy atom. The van der Waals surface area contributed by atoms with Crippen LogP contribution >= 0.6 is 11.3 Å². The lowest BCUT2D eigenvalue weighted by Gasteiger charge is -2.29. The number of nitrogens with two attached hydrogens (primary N) is 1. The lowest BCUT2D eigenvalue weighted by atomic mass is 10.0. The van der Waals surface area contributed by atoms with Crippen LogP contribution in [-0.2, 0) is 17.6 Å². The number of morpholine rings is 1. The van der Waals surface area contributed by atoms with Gasteiger partial charge in [-0.15, -0.1) is 11.3 Å². The summed E-state index contributed by atoms with van der Waals surface area (Å²) in [5.74, 6) is -0.682. The number of carbonyl (C=O) groups is 1. The van der Waals surface area contributed by atoms with Crippen molar-refractivity contribution in [3.05, 3.63) is 65.1 Å². The molecule has 2 unspecified atom stereocenters. The SMILES string of the molecule is CC(O)Cc1ccc(-c2cc(C(N)=O)c(Nc3cccc(CC(F)N4CCOCC4)n3)s2)c(F)c1. The van der Waals surface area contributed by atoms with Gasteiger partial charge in [0.2, 0.25) is 0 Å². The van der Waals surface area contributed by atoms with Gasteiger partial charge in [-0.2, -0.15) is 0 Å². The zero-order valence-corrected chi connectivity index (χ0v) is 20.2. The number of hydrogen-bond acceptors (Lipinski definition) is 7. The van der Waals surface area contributed by atoms with Crippen molar-refractivity contribution < 1.29 is 23.4 Å². The van der Waals surface area contributed by atoms with E-state index in [9.17, 15) is 18.7 Å². The number of amides is 1. The van der Waals surface area contributed by atoms with Crippen molar-refractivity contribution >= 4 is 28.1 Å². The molecule has 35 heavy (non-hydrogen) atoms. The van der Waals surface area contributed by atoms with Crippen LogP contribution < -0.4 is 11.1 Å². The minimum atomic E-state index is -1.17. The predicted octanol–water partition coefficient (Wildman–Crippen LogP) is 3.89. The van der Waals surface area contributed by atoms with E-state index in [2.05, 4.69) is 10.3 Å². The Morgan fingerprint density at radius 2 is 2.03 bits per heavy atom. The molecule has 1 aliphatic heterocycles. The number of primary amides is 1. The maximum Gasteiger partial charge on any atom is 0.251 e. The number of nitrogens with zero attached hydrogens (tertiary/aromatic N) is 2. The average Bonchev–Trinajstić information content (AvgIpc) is 3.23. The summed E-state index contributed by atoms with van der Waals surface area (Å²) in [6.45, 7) is 3.73. The Labute approximate surface area is 206 Å². The molecule has 0 bridgehead atoms. The quantitative estimate of drug-likeness (QED) is 0.384.